The monoisotopic (exact) mass is 333 g/mol. The Morgan fingerprint density at radius 1 is 1.16 bits per heavy atom. The van der Waals surface area contributed by atoms with Crippen molar-refractivity contribution in [3.63, 3.8) is 0 Å². The van der Waals surface area contributed by atoms with Crippen LogP contribution in [0.2, 0.25) is 0 Å². The van der Waals surface area contributed by atoms with Crippen LogP contribution in [0, 0.1) is 11.3 Å². The SMILES string of the molecule is N#CC(=C(O)COC(=O)Cc1ccccc1)c1nc2ccccc2[nH]1. The van der Waals surface area contributed by atoms with Crippen molar-refractivity contribution in [3.8, 4) is 6.07 Å². The quantitative estimate of drug-likeness (QED) is 0.424. The van der Waals surface area contributed by atoms with E-state index < -0.39 is 5.97 Å². The molecule has 124 valence electrons. The Labute approximate surface area is 144 Å². The number of nitrogens with one attached hydrogen (secondary N) is 1. The molecule has 25 heavy (non-hydrogen) atoms. The van der Waals surface area contributed by atoms with Gasteiger partial charge in [0.15, 0.2) is 11.6 Å². The third kappa shape index (κ3) is 3.85. The van der Waals surface area contributed by atoms with Crippen LogP contribution >= 0.6 is 0 Å². The molecule has 6 nitrogen and oxygen atoms in total. The number of rotatable bonds is 5. The van der Waals surface area contributed by atoms with Crippen LogP contribution in [0.5, 0.6) is 0 Å². The summed E-state index contributed by atoms with van der Waals surface area (Å²) in [4.78, 5) is 19.1. The van der Waals surface area contributed by atoms with Gasteiger partial charge in [0.1, 0.15) is 18.2 Å². The van der Waals surface area contributed by atoms with Crippen molar-refractivity contribution in [2.75, 3.05) is 6.61 Å². The van der Waals surface area contributed by atoms with E-state index in [2.05, 4.69) is 9.97 Å². The van der Waals surface area contributed by atoms with E-state index in [1.165, 1.54) is 0 Å². The number of fused-ring (bicyclic) bond motifs is 1. The van der Waals surface area contributed by atoms with Crippen LogP contribution in [0.1, 0.15) is 11.4 Å². The maximum atomic E-state index is 11.8. The molecule has 0 fully saturated rings. The zero-order chi connectivity index (χ0) is 17.6. The molecular weight excluding hydrogens is 318 g/mol. The molecular formula is C19H15N3O3. The van der Waals surface area contributed by atoms with E-state index >= 15 is 0 Å². The Bertz CT molecular complexity index is 935. The number of ether oxygens (including phenoxy) is 1. The average Bonchev–Trinajstić information content (AvgIpc) is 3.05. The summed E-state index contributed by atoms with van der Waals surface area (Å²) in [6.07, 6.45) is 0.0979. The molecule has 2 aromatic carbocycles. The standard InChI is InChI=1S/C19H15N3O3/c20-11-14(19-21-15-8-4-5-9-16(15)22-19)17(23)12-25-18(24)10-13-6-2-1-3-7-13/h1-9,23H,10,12H2,(H,21,22). The minimum absolute atomic E-state index is 0.0521. The summed E-state index contributed by atoms with van der Waals surface area (Å²) in [5.74, 6) is -0.595. The molecule has 0 unspecified atom stereocenters. The Morgan fingerprint density at radius 3 is 2.60 bits per heavy atom. The van der Waals surface area contributed by atoms with Gasteiger partial charge in [-0.25, -0.2) is 4.98 Å². The Morgan fingerprint density at radius 2 is 1.88 bits per heavy atom. The lowest BCUT2D eigenvalue weighted by Crippen LogP contribution is -2.11. The average molecular weight is 333 g/mol. The molecule has 0 atom stereocenters. The Kier molecular flexibility index (Phi) is 4.77. The zero-order valence-electron chi connectivity index (χ0n) is 13.3. The van der Waals surface area contributed by atoms with Gasteiger partial charge in [0.2, 0.25) is 0 Å². The van der Waals surface area contributed by atoms with Gasteiger partial charge in [0.25, 0.3) is 0 Å². The maximum absolute atomic E-state index is 11.8. The summed E-state index contributed by atoms with van der Waals surface area (Å²) in [5, 5.41) is 19.4. The normalized spacial score (nSPS) is 11.6. The van der Waals surface area contributed by atoms with Crippen molar-refractivity contribution < 1.29 is 14.6 Å². The largest absolute Gasteiger partial charge is 0.507 e. The number of aromatic amines is 1. The second-order valence-electron chi connectivity index (χ2n) is 5.36. The number of hydrogen-bond acceptors (Lipinski definition) is 5. The van der Waals surface area contributed by atoms with Gasteiger partial charge in [-0.05, 0) is 17.7 Å². The molecule has 0 saturated heterocycles. The first kappa shape index (κ1) is 16.3. The Balaban J connectivity index is 1.71. The molecule has 0 aliphatic heterocycles. The second kappa shape index (κ2) is 7.32. The van der Waals surface area contributed by atoms with Crippen molar-refractivity contribution in [3.05, 3.63) is 71.7 Å². The first-order chi connectivity index (χ1) is 12.2. The first-order valence-electron chi connectivity index (χ1n) is 7.64. The number of aromatic nitrogens is 2. The maximum Gasteiger partial charge on any atom is 0.310 e. The number of allylic oxidation sites excluding steroid dienone is 1. The van der Waals surface area contributed by atoms with Crippen molar-refractivity contribution in [2.45, 2.75) is 6.42 Å². The molecule has 0 amide bonds. The van der Waals surface area contributed by atoms with E-state index in [1.54, 1.807) is 6.07 Å². The van der Waals surface area contributed by atoms with E-state index in [4.69, 9.17) is 4.74 Å². The molecule has 0 saturated carbocycles. The molecule has 0 spiro atoms. The number of para-hydroxylation sites is 2. The van der Waals surface area contributed by atoms with Crippen LogP contribution in [0.3, 0.4) is 0 Å². The minimum Gasteiger partial charge on any atom is -0.507 e. The van der Waals surface area contributed by atoms with Gasteiger partial charge < -0.3 is 14.8 Å². The van der Waals surface area contributed by atoms with Crippen molar-refractivity contribution in [1.82, 2.24) is 9.97 Å². The van der Waals surface area contributed by atoms with Gasteiger partial charge in [-0.3, -0.25) is 4.79 Å². The van der Waals surface area contributed by atoms with Gasteiger partial charge in [0.05, 0.1) is 17.5 Å². The molecule has 2 N–H and O–H groups in total. The summed E-state index contributed by atoms with van der Waals surface area (Å²) in [6.45, 7) is -0.383. The van der Waals surface area contributed by atoms with Gasteiger partial charge in [-0.1, -0.05) is 42.5 Å². The third-order valence-corrected chi connectivity index (χ3v) is 3.59. The fraction of sp³-hybridized carbons (Fsp3) is 0.105. The zero-order valence-corrected chi connectivity index (χ0v) is 13.3. The highest BCUT2D eigenvalue weighted by molar-refractivity contribution is 5.83. The molecule has 3 rings (SSSR count). The highest BCUT2D eigenvalue weighted by Gasteiger charge is 2.15. The lowest BCUT2D eigenvalue weighted by atomic mass is 10.2. The number of carbonyl (C=O) groups is 1. The van der Waals surface area contributed by atoms with Gasteiger partial charge in [-0.15, -0.1) is 0 Å². The molecule has 0 aliphatic carbocycles. The first-order valence-corrected chi connectivity index (χ1v) is 7.64. The number of nitriles is 1. The van der Waals surface area contributed by atoms with Gasteiger partial charge in [-0.2, -0.15) is 5.26 Å². The summed E-state index contributed by atoms with van der Waals surface area (Å²) in [7, 11) is 0. The lowest BCUT2D eigenvalue weighted by molar-refractivity contribution is -0.142. The van der Waals surface area contributed by atoms with E-state index in [0.29, 0.717) is 5.52 Å². The van der Waals surface area contributed by atoms with Crippen molar-refractivity contribution in [1.29, 1.82) is 5.26 Å². The van der Waals surface area contributed by atoms with E-state index in [1.807, 2.05) is 54.6 Å². The van der Waals surface area contributed by atoms with Crippen LogP contribution in [0.25, 0.3) is 16.6 Å². The van der Waals surface area contributed by atoms with E-state index in [9.17, 15) is 15.2 Å². The molecule has 0 bridgehead atoms. The van der Waals surface area contributed by atoms with E-state index in [-0.39, 0.29) is 30.2 Å². The summed E-state index contributed by atoms with van der Waals surface area (Å²) >= 11 is 0. The smallest absolute Gasteiger partial charge is 0.310 e. The predicted octanol–water partition coefficient (Wildman–Crippen LogP) is 3.14. The van der Waals surface area contributed by atoms with Crippen molar-refractivity contribution in [2.24, 2.45) is 0 Å². The van der Waals surface area contributed by atoms with Crippen LogP contribution in [-0.2, 0) is 16.0 Å². The second-order valence-corrected chi connectivity index (χ2v) is 5.36. The minimum atomic E-state index is -0.486. The number of esters is 1. The number of aliphatic hydroxyl groups excluding tert-OH is 1. The molecule has 1 aromatic heterocycles. The fourth-order valence-corrected chi connectivity index (χ4v) is 2.36. The van der Waals surface area contributed by atoms with Crippen LogP contribution in [0.15, 0.2) is 60.4 Å². The number of nitrogens with zero attached hydrogens (tertiary/aromatic N) is 2. The Hall–Kier alpha value is -3.59. The fourth-order valence-electron chi connectivity index (χ4n) is 2.36. The van der Waals surface area contributed by atoms with Crippen LogP contribution < -0.4 is 0 Å². The number of imidazole rings is 1. The summed E-state index contributed by atoms with van der Waals surface area (Å²) in [6, 6.07) is 18.3. The van der Waals surface area contributed by atoms with Crippen LogP contribution in [-0.4, -0.2) is 27.7 Å². The van der Waals surface area contributed by atoms with E-state index in [0.717, 1.165) is 11.1 Å². The highest BCUT2D eigenvalue weighted by Crippen LogP contribution is 2.18. The third-order valence-electron chi connectivity index (χ3n) is 3.59. The highest BCUT2D eigenvalue weighted by atomic mass is 16.5. The van der Waals surface area contributed by atoms with Gasteiger partial charge in [0, 0.05) is 0 Å². The summed E-state index contributed by atoms with van der Waals surface area (Å²) in [5.41, 5.74) is 2.19. The molecule has 0 radical (unpaired) electrons. The number of carbonyl (C=O) groups excluding carboxylic acids is 1. The number of H-pyrrole nitrogens is 1. The predicted molar refractivity (Wildman–Crippen MR) is 92.4 cm³/mol. The lowest BCUT2D eigenvalue weighted by Gasteiger charge is -2.05. The summed E-state index contributed by atoms with van der Waals surface area (Å²) < 4.78 is 5.05. The van der Waals surface area contributed by atoms with Gasteiger partial charge >= 0.3 is 5.97 Å². The number of benzene rings is 2. The van der Waals surface area contributed by atoms with Crippen molar-refractivity contribution >= 4 is 22.6 Å². The number of aliphatic hydroxyl groups is 1. The molecule has 1 heterocycles. The molecule has 0 aliphatic rings. The molecule has 3 aromatic rings. The molecule has 6 heteroatoms. The van der Waals surface area contributed by atoms with Crippen LogP contribution in [0.4, 0.5) is 0 Å². The topological polar surface area (TPSA) is 99.0 Å². The number of hydrogen-bond donors (Lipinski definition) is 2.